The number of aliphatic hydroxyl groups is 1. The molecule has 0 spiro atoms. The van der Waals surface area contributed by atoms with Gasteiger partial charge in [0.15, 0.2) is 0 Å². The smallest absolute Gasteiger partial charge is 0.326 e. The van der Waals surface area contributed by atoms with Crippen LogP contribution in [0.1, 0.15) is 13.3 Å². The minimum absolute atomic E-state index is 0.0423. The van der Waals surface area contributed by atoms with E-state index in [2.05, 4.69) is 10.3 Å². The summed E-state index contributed by atoms with van der Waals surface area (Å²) in [7, 11) is 0. The van der Waals surface area contributed by atoms with Gasteiger partial charge in [0.05, 0.1) is 12.4 Å². The van der Waals surface area contributed by atoms with Crippen LogP contribution in [-0.2, 0) is 11.3 Å². The fourth-order valence-electron chi connectivity index (χ4n) is 2.32. The number of carboxylic acids is 1. The van der Waals surface area contributed by atoms with Gasteiger partial charge in [0.1, 0.15) is 6.04 Å². The highest BCUT2D eigenvalue weighted by atomic mass is 16.4. The Labute approximate surface area is 116 Å². The highest BCUT2D eigenvalue weighted by molar-refractivity contribution is 5.83. The summed E-state index contributed by atoms with van der Waals surface area (Å²) in [5.41, 5.74) is 0. The first-order chi connectivity index (χ1) is 9.47. The lowest BCUT2D eigenvalue weighted by atomic mass is 10.2. The van der Waals surface area contributed by atoms with E-state index in [1.165, 1.54) is 0 Å². The number of imidazole rings is 1. The molecule has 8 heteroatoms. The fourth-order valence-corrected chi connectivity index (χ4v) is 2.32. The van der Waals surface area contributed by atoms with Gasteiger partial charge >= 0.3 is 12.0 Å². The Hall–Kier alpha value is -2.09. The zero-order valence-corrected chi connectivity index (χ0v) is 11.1. The third-order valence-corrected chi connectivity index (χ3v) is 3.24. The monoisotopic (exact) mass is 282 g/mol. The van der Waals surface area contributed by atoms with Crippen LogP contribution in [0, 0.1) is 0 Å². The molecule has 1 unspecified atom stereocenters. The molecule has 1 aliphatic rings. The quantitative estimate of drug-likeness (QED) is 0.690. The molecule has 20 heavy (non-hydrogen) atoms. The molecule has 1 fully saturated rings. The Morgan fingerprint density at radius 3 is 2.90 bits per heavy atom. The number of aliphatic hydroxyl groups excluding tert-OH is 1. The molecule has 0 bridgehead atoms. The highest BCUT2D eigenvalue weighted by Gasteiger charge is 2.39. The van der Waals surface area contributed by atoms with E-state index in [0.29, 0.717) is 6.54 Å². The lowest BCUT2D eigenvalue weighted by molar-refractivity contribution is -0.141. The van der Waals surface area contributed by atoms with Crippen molar-refractivity contribution in [3.8, 4) is 0 Å². The van der Waals surface area contributed by atoms with Crippen molar-refractivity contribution in [2.24, 2.45) is 0 Å². The largest absolute Gasteiger partial charge is 0.480 e. The number of urea groups is 1. The molecule has 0 radical (unpaired) electrons. The van der Waals surface area contributed by atoms with Crippen molar-refractivity contribution in [3.63, 3.8) is 0 Å². The van der Waals surface area contributed by atoms with Crippen molar-refractivity contribution >= 4 is 12.0 Å². The number of aromatic nitrogens is 2. The number of hydrogen-bond acceptors (Lipinski definition) is 4. The second-order valence-electron chi connectivity index (χ2n) is 5.01. The van der Waals surface area contributed by atoms with E-state index >= 15 is 0 Å². The minimum Gasteiger partial charge on any atom is -0.480 e. The maximum atomic E-state index is 12.1. The molecule has 2 rings (SSSR count). The standard InChI is InChI=1S/C12H18N4O4/c1-8(5-15-3-2-13-7-15)14-12(20)16-6-9(17)4-10(16)11(18)19/h2-3,7-10,17H,4-6H2,1H3,(H,14,20)(H,18,19)/t8?,9-,10-/m0/s1. The predicted octanol–water partition coefficient (Wildman–Crippen LogP) is -0.499. The molecule has 1 aromatic heterocycles. The van der Waals surface area contributed by atoms with Crippen LogP contribution in [0.4, 0.5) is 4.79 Å². The molecule has 2 amide bonds. The number of aliphatic carboxylic acids is 1. The van der Waals surface area contributed by atoms with Crippen LogP contribution < -0.4 is 5.32 Å². The van der Waals surface area contributed by atoms with E-state index in [1.807, 2.05) is 11.5 Å². The summed E-state index contributed by atoms with van der Waals surface area (Å²) in [5.74, 6) is -1.10. The van der Waals surface area contributed by atoms with Crippen LogP contribution in [0.5, 0.6) is 0 Å². The summed E-state index contributed by atoms with van der Waals surface area (Å²) in [5, 5.41) is 21.3. The number of amides is 2. The third kappa shape index (κ3) is 3.27. The molecule has 2 heterocycles. The van der Waals surface area contributed by atoms with Gasteiger partial charge in [-0.3, -0.25) is 0 Å². The van der Waals surface area contributed by atoms with E-state index in [-0.39, 0.29) is 19.0 Å². The zero-order chi connectivity index (χ0) is 14.7. The molecule has 0 saturated carbocycles. The number of hydrogen-bond donors (Lipinski definition) is 3. The maximum absolute atomic E-state index is 12.1. The Balaban J connectivity index is 1.92. The molecule has 1 aromatic rings. The van der Waals surface area contributed by atoms with E-state index < -0.39 is 24.1 Å². The number of carbonyl (C=O) groups is 2. The van der Waals surface area contributed by atoms with Crippen molar-refractivity contribution in [1.29, 1.82) is 0 Å². The number of nitrogens with one attached hydrogen (secondary N) is 1. The van der Waals surface area contributed by atoms with Gasteiger partial charge in [-0.25, -0.2) is 14.6 Å². The fraction of sp³-hybridized carbons (Fsp3) is 0.583. The van der Waals surface area contributed by atoms with Crippen molar-refractivity contribution in [2.45, 2.75) is 38.1 Å². The second-order valence-corrected chi connectivity index (χ2v) is 5.01. The van der Waals surface area contributed by atoms with Crippen LogP contribution in [0.3, 0.4) is 0 Å². The van der Waals surface area contributed by atoms with Crippen LogP contribution in [0.2, 0.25) is 0 Å². The first kappa shape index (κ1) is 14.3. The summed E-state index contributed by atoms with van der Waals surface area (Å²) in [4.78, 5) is 28.2. The van der Waals surface area contributed by atoms with Gasteiger partial charge in [0, 0.05) is 37.9 Å². The van der Waals surface area contributed by atoms with Crippen molar-refractivity contribution in [1.82, 2.24) is 19.8 Å². The summed E-state index contributed by atoms with van der Waals surface area (Å²) < 4.78 is 1.82. The molecule has 8 nitrogen and oxygen atoms in total. The Morgan fingerprint density at radius 1 is 1.55 bits per heavy atom. The van der Waals surface area contributed by atoms with Crippen molar-refractivity contribution in [2.75, 3.05) is 6.54 Å². The van der Waals surface area contributed by atoms with Crippen molar-refractivity contribution in [3.05, 3.63) is 18.7 Å². The van der Waals surface area contributed by atoms with Crippen molar-refractivity contribution < 1.29 is 19.8 Å². The van der Waals surface area contributed by atoms with Gasteiger partial charge in [-0.15, -0.1) is 0 Å². The Morgan fingerprint density at radius 2 is 2.30 bits per heavy atom. The highest BCUT2D eigenvalue weighted by Crippen LogP contribution is 2.18. The molecular formula is C12H18N4O4. The molecule has 1 saturated heterocycles. The predicted molar refractivity (Wildman–Crippen MR) is 69.0 cm³/mol. The minimum atomic E-state index is -1.10. The number of carboxylic acid groups (broad SMARTS) is 1. The van der Waals surface area contributed by atoms with Gasteiger partial charge in [-0.1, -0.05) is 0 Å². The average molecular weight is 282 g/mol. The number of rotatable bonds is 4. The zero-order valence-electron chi connectivity index (χ0n) is 11.1. The van der Waals surface area contributed by atoms with Gasteiger partial charge < -0.3 is 25.0 Å². The number of β-amino-alcohol motifs (C(OH)–C–C–N with tert-alkyl or cyclic N) is 1. The molecular weight excluding hydrogens is 264 g/mol. The first-order valence-electron chi connectivity index (χ1n) is 6.41. The van der Waals surface area contributed by atoms with E-state index in [9.17, 15) is 14.7 Å². The molecule has 0 aromatic carbocycles. The molecule has 3 N–H and O–H groups in total. The van der Waals surface area contributed by atoms with E-state index in [0.717, 1.165) is 4.90 Å². The maximum Gasteiger partial charge on any atom is 0.326 e. The molecule has 0 aliphatic carbocycles. The van der Waals surface area contributed by atoms with Crippen LogP contribution in [-0.4, -0.2) is 61.4 Å². The Kier molecular flexibility index (Phi) is 4.23. The SMILES string of the molecule is CC(Cn1ccnc1)NC(=O)N1C[C@@H](O)C[C@H]1C(=O)O. The van der Waals surface area contributed by atoms with Gasteiger partial charge in [-0.05, 0) is 6.92 Å². The summed E-state index contributed by atoms with van der Waals surface area (Å²) in [6.07, 6.45) is 4.35. The first-order valence-corrected chi connectivity index (χ1v) is 6.41. The van der Waals surface area contributed by atoms with E-state index in [1.54, 1.807) is 18.7 Å². The Bertz CT molecular complexity index is 476. The van der Waals surface area contributed by atoms with Crippen LogP contribution in [0.25, 0.3) is 0 Å². The summed E-state index contributed by atoms with van der Waals surface area (Å²) >= 11 is 0. The van der Waals surface area contributed by atoms with Gasteiger partial charge in [-0.2, -0.15) is 0 Å². The second kappa shape index (κ2) is 5.91. The summed E-state index contributed by atoms with van der Waals surface area (Å²) in [6, 6.07) is -1.61. The lowest BCUT2D eigenvalue weighted by Crippen LogP contribution is -2.49. The van der Waals surface area contributed by atoms with Crippen LogP contribution >= 0.6 is 0 Å². The normalized spacial score (nSPS) is 23.6. The average Bonchev–Trinajstić information content (AvgIpc) is 2.97. The number of nitrogens with zero attached hydrogens (tertiary/aromatic N) is 3. The topological polar surface area (TPSA) is 108 Å². The third-order valence-electron chi connectivity index (χ3n) is 3.24. The molecule has 3 atom stereocenters. The van der Waals surface area contributed by atoms with Gasteiger partial charge in [0.2, 0.25) is 0 Å². The van der Waals surface area contributed by atoms with Crippen LogP contribution in [0.15, 0.2) is 18.7 Å². The molecule has 110 valence electrons. The summed E-state index contributed by atoms with van der Waals surface area (Å²) in [6.45, 7) is 2.40. The van der Waals surface area contributed by atoms with Gasteiger partial charge in [0.25, 0.3) is 0 Å². The number of likely N-dealkylation sites (tertiary alicyclic amines) is 1. The number of carbonyl (C=O) groups excluding carboxylic acids is 1. The van der Waals surface area contributed by atoms with E-state index in [4.69, 9.17) is 5.11 Å². The molecule has 1 aliphatic heterocycles. The lowest BCUT2D eigenvalue weighted by Gasteiger charge is -2.24.